The molecule has 0 bridgehead atoms. The van der Waals surface area contributed by atoms with Crippen LogP contribution in [0.2, 0.25) is 0 Å². The Labute approximate surface area is 183 Å². The van der Waals surface area contributed by atoms with Crippen molar-refractivity contribution >= 4 is 44.4 Å². The molecule has 5 nitrogen and oxygen atoms in total. The van der Waals surface area contributed by atoms with Crippen LogP contribution in [0.3, 0.4) is 0 Å². The van der Waals surface area contributed by atoms with Crippen LogP contribution in [0.4, 0.5) is 9.52 Å². The van der Waals surface area contributed by atoms with Crippen molar-refractivity contribution in [1.82, 2.24) is 9.88 Å². The zero-order valence-corrected chi connectivity index (χ0v) is 18.5. The SMILES string of the molecule is CSc1ccc(C(=O)N(CCCN2CCOCC2)c2nc3c(F)cccc3s2)cc1. The first-order valence-corrected chi connectivity index (χ1v) is 12.0. The van der Waals surface area contributed by atoms with Crippen molar-refractivity contribution in [1.29, 1.82) is 0 Å². The zero-order chi connectivity index (χ0) is 20.9. The summed E-state index contributed by atoms with van der Waals surface area (Å²) in [6, 6.07) is 12.5. The van der Waals surface area contributed by atoms with E-state index in [0.29, 0.717) is 22.8 Å². The molecule has 0 N–H and O–H groups in total. The predicted molar refractivity (Wildman–Crippen MR) is 121 cm³/mol. The highest BCUT2D eigenvalue weighted by molar-refractivity contribution is 7.98. The maximum atomic E-state index is 14.2. The van der Waals surface area contributed by atoms with E-state index in [-0.39, 0.29) is 11.7 Å². The fourth-order valence-electron chi connectivity index (χ4n) is 3.47. The van der Waals surface area contributed by atoms with Gasteiger partial charge in [-0.1, -0.05) is 17.4 Å². The van der Waals surface area contributed by atoms with E-state index in [1.165, 1.54) is 17.4 Å². The third kappa shape index (κ3) is 4.83. The Balaban J connectivity index is 1.57. The predicted octanol–water partition coefficient (Wildman–Crippen LogP) is 4.53. The first-order valence-electron chi connectivity index (χ1n) is 9.97. The van der Waals surface area contributed by atoms with Crippen LogP contribution in [-0.4, -0.2) is 61.4 Å². The highest BCUT2D eigenvalue weighted by Crippen LogP contribution is 2.31. The molecule has 158 valence electrons. The summed E-state index contributed by atoms with van der Waals surface area (Å²) in [4.78, 5) is 23.0. The molecular formula is C22H24FN3O2S2. The van der Waals surface area contributed by atoms with Crippen LogP contribution < -0.4 is 4.90 Å². The number of amides is 1. The molecule has 1 aliphatic heterocycles. The topological polar surface area (TPSA) is 45.7 Å². The number of ether oxygens (including phenoxy) is 1. The summed E-state index contributed by atoms with van der Waals surface area (Å²) in [6.07, 6.45) is 2.82. The van der Waals surface area contributed by atoms with E-state index in [1.54, 1.807) is 22.7 Å². The number of rotatable bonds is 7. The molecule has 4 rings (SSSR count). The zero-order valence-electron chi connectivity index (χ0n) is 16.8. The number of halogens is 1. The molecule has 1 amide bonds. The van der Waals surface area contributed by atoms with Gasteiger partial charge in [0.15, 0.2) is 5.13 Å². The number of nitrogens with zero attached hydrogens (tertiary/aromatic N) is 3. The lowest BCUT2D eigenvalue weighted by atomic mass is 10.2. The van der Waals surface area contributed by atoms with Crippen LogP contribution in [-0.2, 0) is 4.74 Å². The molecular weight excluding hydrogens is 421 g/mol. The van der Waals surface area contributed by atoms with Crippen LogP contribution in [0, 0.1) is 5.82 Å². The van der Waals surface area contributed by atoms with Crippen molar-refractivity contribution in [2.45, 2.75) is 11.3 Å². The lowest BCUT2D eigenvalue weighted by Gasteiger charge is -2.27. The largest absolute Gasteiger partial charge is 0.379 e. The van der Waals surface area contributed by atoms with Gasteiger partial charge in [-0.15, -0.1) is 11.8 Å². The van der Waals surface area contributed by atoms with Gasteiger partial charge in [0.25, 0.3) is 5.91 Å². The van der Waals surface area contributed by atoms with Crippen molar-refractivity contribution in [3.63, 3.8) is 0 Å². The average Bonchev–Trinajstić information content (AvgIpc) is 3.22. The second-order valence-corrected chi connectivity index (χ2v) is 8.96. The van der Waals surface area contributed by atoms with Crippen LogP contribution in [0.25, 0.3) is 10.2 Å². The Bertz CT molecular complexity index is 1000. The second kappa shape index (κ2) is 9.87. The van der Waals surface area contributed by atoms with Crippen molar-refractivity contribution in [3.05, 3.63) is 53.8 Å². The molecule has 3 aromatic rings. The van der Waals surface area contributed by atoms with E-state index in [0.717, 1.165) is 48.9 Å². The number of para-hydroxylation sites is 1. The van der Waals surface area contributed by atoms with Gasteiger partial charge in [-0.25, -0.2) is 9.37 Å². The van der Waals surface area contributed by atoms with Gasteiger partial charge >= 0.3 is 0 Å². The van der Waals surface area contributed by atoms with E-state index in [4.69, 9.17) is 4.74 Å². The number of thioether (sulfide) groups is 1. The standard InChI is InChI=1S/C22H24FN3O2S2/c1-29-17-8-6-16(7-9-17)21(27)26(11-3-10-25-12-14-28-15-13-25)22-24-20-18(23)4-2-5-19(20)30-22/h2,4-9H,3,10-15H2,1H3. The fourth-order valence-corrected chi connectivity index (χ4v) is 4.88. The minimum atomic E-state index is -0.361. The highest BCUT2D eigenvalue weighted by Gasteiger charge is 2.22. The summed E-state index contributed by atoms with van der Waals surface area (Å²) in [7, 11) is 0. The number of hydrogen-bond donors (Lipinski definition) is 0. The van der Waals surface area contributed by atoms with Gasteiger partial charge in [0, 0.05) is 36.6 Å². The third-order valence-corrected chi connectivity index (χ3v) is 6.92. The number of benzene rings is 2. The molecule has 0 unspecified atom stereocenters. The normalized spacial score (nSPS) is 14.9. The third-order valence-electron chi connectivity index (χ3n) is 5.13. The molecule has 1 saturated heterocycles. The molecule has 1 fully saturated rings. The van der Waals surface area contributed by atoms with Crippen molar-refractivity contribution in [3.8, 4) is 0 Å². The van der Waals surface area contributed by atoms with E-state index in [2.05, 4.69) is 9.88 Å². The smallest absolute Gasteiger partial charge is 0.260 e. The van der Waals surface area contributed by atoms with Gasteiger partial charge in [-0.05, 0) is 49.1 Å². The lowest BCUT2D eigenvalue weighted by Crippen LogP contribution is -2.39. The second-order valence-electron chi connectivity index (χ2n) is 7.08. The van der Waals surface area contributed by atoms with Gasteiger partial charge in [0.1, 0.15) is 11.3 Å². The summed E-state index contributed by atoms with van der Waals surface area (Å²) in [6.45, 7) is 4.75. The van der Waals surface area contributed by atoms with Crippen LogP contribution in [0.1, 0.15) is 16.8 Å². The molecule has 0 saturated carbocycles. The van der Waals surface area contributed by atoms with E-state index < -0.39 is 0 Å². The Morgan fingerprint density at radius 1 is 1.23 bits per heavy atom. The van der Waals surface area contributed by atoms with Gasteiger partial charge in [-0.3, -0.25) is 14.6 Å². The van der Waals surface area contributed by atoms with Crippen LogP contribution in [0.15, 0.2) is 47.4 Å². The number of carbonyl (C=O) groups is 1. The van der Waals surface area contributed by atoms with Crippen molar-refractivity contribution < 1.29 is 13.9 Å². The molecule has 0 radical (unpaired) electrons. The first kappa shape index (κ1) is 21.2. The van der Waals surface area contributed by atoms with E-state index >= 15 is 0 Å². The number of aromatic nitrogens is 1. The minimum Gasteiger partial charge on any atom is -0.379 e. The monoisotopic (exact) mass is 445 g/mol. The summed E-state index contributed by atoms with van der Waals surface area (Å²) in [5, 5.41) is 0.538. The van der Waals surface area contributed by atoms with Crippen molar-refractivity contribution in [2.75, 3.05) is 50.5 Å². The number of anilines is 1. The molecule has 30 heavy (non-hydrogen) atoms. The fraction of sp³-hybridized carbons (Fsp3) is 0.364. The van der Waals surface area contributed by atoms with Gasteiger partial charge in [0.2, 0.25) is 0 Å². The quantitative estimate of drug-likeness (QED) is 0.500. The van der Waals surface area contributed by atoms with Gasteiger partial charge < -0.3 is 4.74 Å². The highest BCUT2D eigenvalue weighted by atomic mass is 32.2. The molecule has 0 spiro atoms. The van der Waals surface area contributed by atoms with Gasteiger partial charge in [-0.2, -0.15) is 0 Å². The average molecular weight is 446 g/mol. The molecule has 8 heteroatoms. The number of carbonyl (C=O) groups excluding carboxylic acids is 1. The molecule has 2 aromatic carbocycles. The molecule has 1 aromatic heterocycles. The molecule has 2 heterocycles. The Hall–Kier alpha value is -2.00. The maximum Gasteiger partial charge on any atom is 0.260 e. The Morgan fingerprint density at radius 3 is 2.70 bits per heavy atom. The molecule has 1 aliphatic rings. The maximum absolute atomic E-state index is 14.2. The number of fused-ring (bicyclic) bond motifs is 1. The minimum absolute atomic E-state index is 0.107. The lowest BCUT2D eigenvalue weighted by molar-refractivity contribution is 0.0376. The Morgan fingerprint density at radius 2 is 2.00 bits per heavy atom. The molecule has 0 atom stereocenters. The van der Waals surface area contributed by atoms with Gasteiger partial charge in [0.05, 0.1) is 17.9 Å². The van der Waals surface area contributed by atoms with E-state index in [1.807, 2.05) is 36.6 Å². The first-order chi connectivity index (χ1) is 14.7. The summed E-state index contributed by atoms with van der Waals surface area (Å²) in [5.41, 5.74) is 0.931. The number of morpholine rings is 1. The Kier molecular flexibility index (Phi) is 6.99. The summed E-state index contributed by atoms with van der Waals surface area (Å²) in [5.74, 6) is -0.468. The van der Waals surface area contributed by atoms with Crippen LogP contribution >= 0.6 is 23.1 Å². The number of thiazole rings is 1. The van der Waals surface area contributed by atoms with E-state index in [9.17, 15) is 9.18 Å². The summed E-state index contributed by atoms with van der Waals surface area (Å²) < 4.78 is 20.3. The molecule has 0 aliphatic carbocycles. The van der Waals surface area contributed by atoms with Crippen molar-refractivity contribution in [2.24, 2.45) is 0 Å². The van der Waals surface area contributed by atoms with Crippen LogP contribution in [0.5, 0.6) is 0 Å². The summed E-state index contributed by atoms with van der Waals surface area (Å²) >= 11 is 2.99. The number of hydrogen-bond acceptors (Lipinski definition) is 6.